The Morgan fingerprint density at radius 1 is 1.32 bits per heavy atom. The van der Waals surface area contributed by atoms with E-state index in [0.717, 1.165) is 5.56 Å². The van der Waals surface area contributed by atoms with E-state index in [2.05, 4.69) is 10.6 Å². The van der Waals surface area contributed by atoms with Crippen molar-refractivity contribution in [2.24, 2.45) is 0 Å². The van der Waals surface area contributed by atoms with E-state index in [1.54, 1.807) is 12.1 Å². The molecule has 0 heterocycles. The lowest BCUT2D eigenvalue weighted by molar-refractivity contribution is 0.0528. The molecule has 0 saturated heterocycles. The summed E-state index contributed by atoms with van der Waals surface area (Å²) in [5.41, 5.74) is 0.500. The maximum atomic E-state index is 11.5. The van der Waals surface area contributed by atoms with Crippen LogP contribution in [0.25, 0.3) is 0 Å². The fourth-order valence-corrected chi connectivity index (χ4v) is 1.85. The molecule has 0 aliphatic rings. The molecule has 1 aromatic rings. The quantitative estimate of drug-likeness (QED) is 0.704. The van der Waals surface area contributed by atoms with Crippen LogP contribution < -0.4 is 15.4 Å². The van der Waals surface area contributed by atoms with E-state index in [-0.39, 0.29) is 11.8 Å². The molecule has 22 heavy (non-hydrogen) atoms. The van der Waals surface area contributed by atoms with Gasteiger partial charge in [-0.1, -0.05) is 6.07 Å². The van der Waals surface area contributed by atoms with E-state index in [0.29, 0.717) is 18.8 Å². The van der Waals surface area contributed by atoms with Gasteiger partial charge in [0.05, 0.1) is 7.11 Å². The molecule has 1 unspecified atom stereocenters. The molecule has 0 bridgehead atoms. The first kappa shape index (κ1) is 18.1. The van der Waals surface area contributed by atoms with E-state index in [1.807, 2.05) is 33.8 Å². The summed E-state index contributed by atoms with van der Waals surface area (Å²) >= 11 is 0. The van der Waals surface area contributed by atoms with Crippen molar-refractivity contribution in [2.75, 3.05) is 20.2 Å². The highest BCUT2D eigenvalue weighted by molar-refractivity contribution is 5.67. The maximum absolute atomic E-state index is 11.5. The lowest BCUT2D eigenvalue weighted by Crippen LogP contribution is -2.36. The number of alkyl carbamates (subject to hydrolysis) is 1. The molecular formula is C16H26N2O4. The molecule has 0 fully saturated rings. The van der Waals surface area contributed by atoms with E-state index in [1.165, 1.54) is 7.11 Å². The van der Waals surface area contributed by atoms with Gasteiger partial charge < -0.3 is 25.2 Å². The molecule has 0 aliphatic carbocycles. The SMILES string of the molecule is COc1cc(C(C)NCCNC(=O)OC(C)(C)C)ccc1O. The molecule has 0 aliphatic heterocycles. The standard InChI is InChI=1S/C16H26N2O4/c1-11(12-6-7-13(19)14(10-12)21-5)17-8-9-18-15(20)22-16(2,3)4/h6-7,10-11,17,19H,8-9H2,1-5H3,(H,18,20). The summed E-state index contributed by atoms with van der Waals surface area (Å²) in [4.78, 5) is 11.5. The molecule has 6 heteroatoms. The number of methoxy groups -OCH3 is 1. The van der Waals surface area contributed by atoms with E-state index in [9.17, 15) is 9.90 Å². The molecule has 0 radical (unpaired) electrons. The first-order chi connectivity index (χ1) is 10.2. The van der Waals surface area contributed by atoms with Crippen LogP contribution in [0.4, 0.5) is 4.79 Å². The number of benzene rings is 1. The Bertz CT molecular complexity index is 497. The number of aromatic hydroxyl groups is 1. The highest BCUT2D eigenvalue weighted by atomic mass is 16.6. The molecule has 1 amide bonds. The predicted octanol–water partition coefficient (Wildman–Crippen LogP) is 2.58. The number of rotatable bonds is 6. The monoisotopic (exact) mass is 310 g/mol. The van der Waals surface area contributed by atoms with Crippen LogP contribution in [0, 0.1) is 0 Å². The molecular weight excluding hydrogens is 284 g/mol. The number of amides is 1. The topological polar surface area (TPSA) is 79.8 Å². The second-order valence-corrected chi connectivity index (χ2v) is 6.04. The van der Waals surface area contributed by atoms with Crippen LogP contribution in [-0.2, 0) is 4.74 Å². The average Bonchev–Trinajstić information content (AvgIpc) is 2.42. The molecule has 1 atom stereocenters. The van der Waals surface area contributed by atoms with Gasteiger partial charge in [0.1, 0.15) is 5.60 Å². The lowest BCUT2D eigenvalue weighted by atomic mass is 10.1. The third-order valence-corrected chi connectivity index (χ3v) is 2.95. The van der Waals surface area contributed by atoms with Gasteiger partial charge in [-0.05, 0) is 45.4 Å². The van der Waals surface area contributed by atoms with Crippen molar-refractivity contribution in [3.8, 4) is 11.5 Å². The Labute approximate surface area is 131 Å². The zero-order chi connectivity index (χ0) is 16.8. The largest absolute Gasteiger partial charge is 0.504 e. The number of phenolic OH excluding ortho intramolecular Hbond substituents is 1. The summed E-state index contributed by atoms with van der Waals surface area (Å²) in [5.74, 6) is 0.558. The van der Waals surface area contributed by atoms with Gasteiger partial charge in [0, 0.05) is 19.1 Å². The summed E-state index contributed by atoms with van der Waals surface area (Å²) in [6.45, 7) is 8.54. The summed E-state index contributed by atoms with van der Waals surface area (Å²) in [6, 6.07) is 5.28. The van der Waals surface area contributed by atoms with Gasteiger partial charge >= 0.3 is 6.09 Å². The molecule has 0 saturated carbocycles. The van der Waals surface area contributed by atoms with Gasteiger partial charge in [0.15, 0.2) is 11.5 Å². The van der Waals surface area contributed by atoms with Crippen LogP contribution in [0.15, 0.2) is 18.2 Å². The summed E-state index contributed by atoms with van der Waals surface area (Å²) in [7, 11) is 1.52. The number of carbonyl (C=O) groups is 1. The van der Waals surface area contributed by atoms with Crippen molar-refractivity contribution < 1.29 is 19.4 Å². The van der Waals surface area contributed by atoms with Gasteiger partial charge in [-0.2, -0.15) is 0 Å². The van der Waals surface area contributed by atoms with Crippen molar-refractivity contribution in [1.29, 1.82) is 0 Å². The van der Waals surface area contributed by atoms with Gasteiger partial charge in [0.2, 0.25) is 0 Å². The van der Waals surface area contributed by atoms with Crippen LogP contribution in [0.2, 0.25) is 0 Å². The Hall–Kier alpha value is -1.95. The Balaban J connectivity index is 2.37. The molecule has 1 aromatic carbocycles. The smallest absolute Gasteiger partial charge is 0.407 e. The van der Waals surface area contributed by atoms with Crippen molar-refractivity contribution in [3.63, 3.8) is 0 Å². The normalized spacial score (nSPS) is 12.6. The number of nitrogens with one attached hydrogen (secondary N) is 2. The first-order valence-corrected chi connectivity index (χ1v) is 7.30. The molecule has 3 N–H and O–H groups in total. The van der Waals surface area contributed by atoms with Crippen LogP contribution >= 0.6 is 0 Å². The van der Waals surface area contributed by atoms with Gasteiger partial charge in [0.25, 0.3) is 0 Å². The fourth-order valence-electron chi connectivity index (χ4n) is 1.85. The van der Waals surface area contributed by atoms with E-state index >= 15 is 0 Å². The van der Waals surface area contributed by atoms with Crippen LogP contribution in [0.1, 0.15) is 39.3 Å². The maximum Gasteiger partial charge on any atom is 0.407 e. The predicted molar refractivity (Wildman–Crippen MR) is 85.3 cm³/mol. The highest BCUT2D eigenvalue weighted by Gasteiger charge is 2.15. The number of hydrogen-bond acceptors (Lipinski definition) is 5. The van der Waals surface area contributed by atoms with E-state index in [4.69, 9.17) is 9.47 Å². The fraction of sp³-hybridized carbons (Fsp3) is 0.562. The average molecular weight is 310 g/mol. The van der Waals surface area contributed by atoms with Crippen LogP contribution in [0.3, 0.4) is 0 Å². The van der Waals surface area contributed by atoms with Crippen molar-refractivity contribution >= 4 is 6.09 Å². The minimum Gasteiger partial charge on any atom is -0.504 e. The lowest BCUT2D eigenvalue weighted by Gasteiger charge is -2.20. The highest BCUT2D eigenvalue weighted by Crippen LogP contribution is 2.28. The molecule has 124 valence electrons. The Morgan fingerprint density at radius 2 is 2.00 bits per heavy atom. The minimum atomic E-state index is -0.493. The Morgan fingerprint density at radius 3 is 2.59 bits per heavy atom. The number of phenols is 1. The third-order valence-electron chi connectivity index (χ3n) is 2.95. The van der Waals surface area contributed by atoms with Gasteiger partial charge in [-0.15, -0.1) is 0 Å². The number of hydrogen-bond donors (Lipinski definition) is 3. The molecule has 6 nitrogen and oxygen atoms in total. The third kappa shape index (κ3) is 6.22. The minimum absolute atomic E-state index is 0.0648. The Kier molecular flexibility index (Phi) is 6.49. The zero-order valence-corrected chi connectivity index (χ0v) is 13.9. The van der Waals surface area contributed by atoms with Crippen molar-refractivity contribution in [1.82, 2.24) is 10.6 Å². The van der Waals surface area contributed by atoms with Crippen molar-refractivity contribution in [3.05, 3.63) is 23.8 Å². The van der Waals surface area contributed by atoms with Gasteiger partial charge in [-0.25, -0.2) is 4.79 Å². The summed E-state index contributed by atoms with van der Waals surface area (Å²) in [6.07, 6.45) is -0.423. The molecule has 0 spiro atoms. The summed E-state index contributed by atoms with van der Waals surface area (Å²) in [5, 5.41) is 15.5. The number of carbonyl (C=O) groups excluding carboxylic acids is 1. The zero-order valence-electron chi connectivity index (χ0n) is 13.9. The molecule has 1 rings (SSSR count). The summed E-state index contributed by atoms with van der Waals surface area (Å²) < 4.78 is 10.2. The molecule has 0 aromatic heterocycles. The van der Waals surface area contributed by atoms with Gasteiger partial charge in [-0.3, -0.25) is 0 Å². The van der Waals surface area contributed by atoms with Crippen LogP contribution in [0.5, 0.6) is 11.5 Å². The second-order valence-electron chi connectivity index (χ2n) is 6.04. The van der Waals surface area contributed by atoms with Crippen molar-refractivity contribution in [2.45, 2.75) is 39.3 Å². The first-order valence-electron chi connectivity index (χ1n) is 7.30. The van der Waals surface area contributed by atoms with Crippen LogP contribution in [-0.4, -0.2) is 37.0 Å². The van der Waals surface area contributed by atoms with E-state index < -0.39 is 11.7 Å². The second kappa shape index (κ2) is 7.89. The number of ether oxygens (including phenoxy) is 2.